The number of unbranched alkanes of at least 4 members (excludes halogenated alkanes) is 1. The van der Waals surface area contributed by atoms with Gasteiger partial charge in [-0.25, -0.2) is 4.79 Å². The number of carbonyl (C=O) groups is 2. The number of halogens is 1. The molecule has 1 aromatic rings. The molecule has 1 fully saturated rings. The number of esters is 1. The minimum Gasteiger partial charge on any atom is -0.497 e. The van der Waals surface area contributed by atoms with Crippen molar-refractivity contribution in [3.05, 3.63) is 36.0 Å². The number of benzene rings is 1. The Hall–Kier alpha value is -2.41. The Bertz CT molecular complexity index is 680. The highest BCUT2D eigenvalue weighted by Gasteiger charge is 2.40. The fourth-order valence-corrected chi connectivity index (χ4v) is 2.95. The van der Waals surface area contributed by atoms with Crippen molar-refractivity contribution in [1.29, 1.82) is 0 Å². The molecule has 2 rings (SSSR count). The van der Waals surface area contributed by atoms with Crippen molar-refractivity contribution >= 4 is 23.6 Å². The third-order valence-electron chi connectivity index (χ3n) is 4.07. The summed E-state index contributed by atoms with van der Waals surface area (Å²) in [6.45, 7) is 4.07. The lowest BCUT2D eigenvalue weighted by atomic mass is 9.88. The second-order valence-electron chi connectivity index (χ2n) is 5.75. The molecule has 1 aliphatic rings. The van der Waals surface area contributed by atoms with Gasteiger partial charge in [-0.05, 0) is 31.0 Å². The first kappa shape index (κ1) is 19.9. The van der Waals surface area contributed by atoms with Crippen LogP contribution in [0.3, 0.4) is 0 Å². The number of ether oxygens (including phenoxy) is 3. The van der Waals surface area contributed by atoms with Gasteiger partial charge in [-0.15, -0.1) is 11.6 Å². The van der Waals surface area contributed by atoms with Gasteiger partial charge in [0.2, 0.25) is 0 Å². The van der Waals surface area contributed by atoms with Crippen molar-refractivity contribution in [2.45, 2.75) is 18.9 Å². The van der Waals surface area contributed by atoms with Crippen LogP contribution in [-0.2, 0) is 9.53 Å². The maximum Gasteiger partial charge on any atom is 0.319 e. The third-order valence-corrected chi connectivity index (χ3v) is 4.33. The highest BCUT2D eigenvalue weighted by atomic mass is 35.5. The Morgan fingerprint density at radius 2 is 2.04 bits per heavy atom. The summed E-state index contributed by atoms with van der Waals surface area (Å²) >= 11 is 5.63. The summed E-state index contributed by atoms with van der Waals surface area (Å²) in [6, 6.07) is 4.03. The van der Waals surface area contributed by atoms with Crippen molar-refractivity contribution in [2.24, 2.45) is 5.92 Å². The van der Waals surface area contributed by atoms with E-state index in [2.05, 4.69) is 17.2 Å². The molecule has 7 nitrogen and oxygen atoms in total. The number of carbonyl (C=O) groups excluding carboxylic acids is 2. The summed E-state index contributed by atoms with van der Waals surface area (Å²) in [7, 11) is 3.05. The topological polar surface area (TPSA) is 85.9 Å². The van der Waals surface area contributed by atoms with E-state index >= 15 is 0 Å². The van der Waals surface area contributed by atoms with Gasteiger partial charge in [-0.3, -0.25) is 4.79 Å². The van der Waals surface area contributed by atoms with E-state index in [1.54, 1.807) is 18.2 Å². The number of alkyl halides is 1. The van der Waals surface area contributed by atoms with Crippen molar-refractivity contribution in [3.63, 3.8) is 0 Å². The number of amides is 2. The molecule has 1 aromatic carbocycles. The average molecular weight is 383 g/mol. The molecule has 0 unspecified atom stereocenters. The van der Waals surface area contributed by atoms with E-state index < -0.39 is 24.0 Å². The van der Waals surface area contributed by atoms with Crippen molar-refractivity contribution < 1.29 is 23.8 Å². The highest BCUT2D eigenvalue weighted by molar-refractivity contribution is 6.17. The van der Waals surface area contributed by atoms with Gasteiger partial charge in [-0.1, -0.05) is 6.58 Å². The summed E-state index contributed by atoms with van der Waals surface area (Å²) in [6.07, 6.45) is 1.42. The summed E-state index contributed by atoms with van der Waals surface area (Å²) in [5.41, 5.74) is 0.872. The predicted molar refractivity (Wildman–Crippen MR) is 97.5 cm³/mol. The average Bonchev–Trinajstić information content (AvgIpc) is 2.63. The lowest BCUT2D eigenvalue weighted by Crippen LogP contribution is -2.51. The van der Waals surface area contributed by atoms with E-state index in [0.29, 0.717) is 29.4 Å². The fourth-order valence-electron chi connectivity index (χ4n) is 2.76. The molecule has 0 aliphatic carbocycles. The van der Waals surface area contributed by atoms with Crippen LogP contribution in [0, 0.1) is 5.92 Å². The van der Waals surface area contributed by atoms with Crippen molar-refractivity contribution in [1.82, 2.24) is 10.6 Å². The first-order valence-corrected chi connectivity index (χ1v) is 8.76. The molecule has 0 spiro atoms. The zero-order valence-electron chi connectivity index (χ0n) is 14.8. The van der Waals surface area contributed by atoms with Crippen LogP contribution in [0.5, 0.6) is 11.5 Å². The van der Waals surface area contributed by atoms with Crippen LogP contribution < -0.4 is 20.1 Å². The molecule has 0 radical (unpaired) electrons. The fraction of sp³-hybridized carbons (Fsp3) is 0.444. The molecule has 0 bridgehead atoms. The molecule has 1 heterocycles. The molecular formula is C18H23ClN2O5. The smallest absolute Gasteiger partial charge is 0.319 e. The summed E-state index contributed by atoms with van der Waals surface area (Å²) in [5, 5.41) is 5.29. The normalized spacial score (nSPS) is 19.3. The maximum atomic E-state index is 12.6. The Morgan fingerprint density at radius 3 is 2.69 bits per heavy atom. The van der Waals surface area contributed by atoms with E-state index in [1.807, 2.05) is 0 Å². The number of nitrogens with one attached hydrogen (secondary N) is 2. The molecule has 0 saturated carbocycles. The Kier molecular flexibility index (Phi) is 7.15. The monoisotopic (exact) mass is 382 g/mol. The first-order chi connectivity index (χ1) is 12.5. The van der Waals surface area contributed by atoms with Crippen LogP contribution in [0.15, 0.2) is 30.5 Å². The number of methoxy groups -OCH3 is 2. The summed E-state index contributed by atoms with van der Waals surface area (Å²) in [4.78, 5) is 24.6. The molecule has 26 heavy (non-hydrogen) atoms. The van der Waals surface area contributed by atoms with Gasteiger partial charge >= 0.3 is 12.0 Å². The SMILES string of the molecule is C=C1NC(=O)N[C@@H](c2cc(OC)ccc2OC)[C@@H]1C(=O)OCCCCCl. The molecule has 142 valence electrons. The van der Waals surface area contributed by atoms with E-state index in [0.717, 1.165) is 6.42 Å². The van der Waals surface area contributed by atoms with Crippen molar-refractivity contribution in [3.8, 4) is 11.5 Å². The van der Waals surface area contributed by atoms with Crippen LogP contribution in [0.4, 0.5) is 4.79 Å². The highest BCUT2D eigenvalue weighted by Crippen LogP contribution is 2.37. The lowest BCUT2D eigenvalue weighted by Gasteiger charge is -2.34. The second-order valence-corrected chi connectivity index (χ2v) is 6.13. The maximum absolute atomic E-state index is 12.6. The molecule has 2 atom stereocenters. The standard InChI is InChI=1S/C18H23ClN2O5/c1-11-15(17(22)26-9-5-4-8-19)16(21-18(23)20-11)13-10-12(24-2)6-7-14(13)25-3/h6-7,10,15-16H,1,4-5,8-9H2,2-3H3,(H2,20,21,23)/t15-,16+/m1/s1. The van der Waals surface area contributed by atoms with Crippen LogP contribution >= 0.6 is 11.6 Å². The van der Waals surface area contributed by atoms with Gasteiger partial charge < -0.3 is 24.8 Å². The van der Waals surface area contributed by atoms with Crippen LogP contribution in [0.25, 0.3) is 0 Å². The Labute approximate surface area is 157 Å². The van der Waals surface area contributed by atoms with E-state index in [9.17, 15) is 9.59 Å². The molecule has 2 N–H and O–H groups in total. The molecule has 1 saturated heterocycles. The molecule has 0 aromatic heterocycles. The zero-order chi connectivity index (χ0) is 19.1. The van der Waals surface area contributed by atoms with Crippen LogP contribution in [-0.4, -0.2) is 38.7 Å². The van der Waals surface area contributed by atoms with Gasteiger partial charge in [-0.2, -0.15) is 0 Å². The van der Waals surface area contributed by atoms with Gasteiger partial charge in [0.25, 0.3) is 0 Å². The predicted octanol–water partition coefficient (Wildman–Crippen LogP) is 2.75. The van der Waals surface area contributed by atoms with E-state index in [1.165, 1.54) is 14.2 Å². The first-order valence-electron chi connectivity index (χ1n) is 8.22. The zero-order valence-corrected chi connectivity index (χ0v) is 15.6. The quantitative estimate of drug-likeness (QED) is 0.410. The van der Waals surface area contributed by atoms with E-state index in [4.69, 9.17) is 25.8 Å². The number of urea groups is 1. The number of hydrogen-bond donors (Lipinski definition) is 2. The molecular weight excluding hydrogens is 360 g/mol. The summed E-state index contributed by atoms with van der Waals surface area (Å²) in [5.74, 6) is 0.324. The lowest BCUT2D eigenvalue weighted by molar-refractivity contribution is -0.148. The van der Waals surface area contributed by atoms with Crippen LogP contribution in [0.1, 0.15) is 24.4 Å². The molecule has 1 aliphatic heterocycles. The van der Waals surface area contributed by atoms with Gasteiger partial charge in [0.05, 0.1) is 26.9 Å². The van der Waals surface area contributed by atoms with Crippen LogP contribution in [0.2, 0.25) is 0 Å². The second kappa shape index (κ2) is 9.33. The van der Waals surface area contributed by atoms with Gasteiger partial charge in [0.15, 0.2) is 0 Å². The van der Waals surface area contributed by atoms with Gasteiger partial charge in [0, 0.05) is 17.1 Å². The Balaban J connectivity index is 2.31. The van der Waals surface area contributed by atoms with E-state index in [-0.39, 0.29) is 12.3 Å². The van der Waals surface area contributed by atoms with Crippen molar-refractivity contribution in [2.75, 3.05) is 26.7 Å². The minimum absolute atomic E-state index is 0.255. The molecule has 8 heteroatoms. The van der Waals surface area contributed by atoms with Gasteiger partial charge in [0.1, 0.15) is 17.4 Å². The number of rotatable bonds is 8. The number of hydrogen-bond acceptors (Lipinski definition) is 5. The Morgan fingerprint density at radius 1 is 1.27 bits per heavy atom. The third kappa shape index (κ3) is 4.60. The minimum atomic E-state index is -0.801. The largest absolute Gasteiger partial charge is 0.497 e. The molecule has 2 amide bonds. The summed E-state index contributed by atoms with van der Waals surface area (Å²) < 4.78 is 16.0.